The van der Waals surface area contributed by atoms with Crippen molar-refractivity contribution < 1.29 is 26.7 Å². The van der Waals surface area contributed by atoms with Crippen molar-refractivity contribution >= 4 is 15.9 Å². The molecule has 0 saturated carbocycles. The van der Waals surface area contributed by atoms with E-state index < -0.39 is 37.9 Å². The van der Waals surface area contributed by atoms with Crippen molar-refractivity contribution in [2.24, 2.45) is 11.1 Å². The fourth-order valence-corrected chi connectivity index (χ4v) is 5.26. The summed E-state index contributed by atoms with van der Waals surface area (Å²) in [7, 11) is -4.22. The van der Waals surface area contributed by atoms with Crippen LogP contribution in [0.4, 0.5) is 8.78 Å². The van der Waals surface area contributed by atoms with E-state index in [1.165, 1.54) is 0 Å². The predicted molar refractivity (Wildman–Crippen MR) is 103 cm³/mol. The molecule has 1 unspecified atom stereocenters. The molecule has 6 nitrogen and oxygen atoms in total. The number of rotatable bonds is 7. The highest BCUT2D eigenvalue weighted by molar-refractivity contribution is 7.89. The number of primary amides is 1. The van der Waals surface area contributed by atoms with Crippen molar-refractivity contribution in [1.82, 2.24) is 4.31 Å². The molecule has 0 aromatic heterocycles. The van der Waals surface area contributed by atoms with E-state index in [1.54, 1.807) is 24.3 Å². The van der Waals surface area contributed by atoms with Crippen LogP contribution < -0.4 is 10.5 Å². The minimum atomic E-state index is -4.22. The average molecular weight is 424 g/mol. The zero-order chi connectivity index (χ0) is 21.1. The van der Waals surface area contributed by atoms with Gasteiger partial charge < -0.3 is 10.5 Å². The number of carbonyl (C=O) groups excluding carboxylic acids is 1. The molecule has 2 N–H and O–H groups in total. The lowest BCUT2D eigenvalue weighted by molar-refractivity contribution is -0.121. The van der Waals surface area contributed by atoms with Crippen LogP contribution in [0, 0.1) is 17.0 Å². The first-order valence-corrected chi connectivity index (χ1v) is 10.6. The molecule has 1 amide bonds. The lowest BCUT2D eigenvalue weighted by Crippen LogP contribution is -2.50. The minimum Gasteiger partial charge on any atom is -0.493 e. The van der Waals surface area contributed by atoms with Gasteiger partial charge in [0, 0.05) is 31.0 Å². The van der Waals surface area contributed by atoms with Gasteiger partial charge in [0.25, 0.3) is 0 Å². The van der Waals surface area contributed by atoms with Gasteiger partial charge >= 0.3 is 0 Å². The van der Waals surface area contributed by atoms with E-state index in [4.69, 9.17) is 10.5 Å². The van der Waals surface area contributed by atoms with Crippen LogP contribution in [0.3, 0.4) is 0 Å². The van der Waals surface area contributed by atoms with Crippen LogP contribution in [0.25, 0.3) is 0 Å². The Labute approximate surface area is 168 Å². The number of nitrogens with two attached hydrogens (primary N) is 1. The molecule has 1 fully saturated rings. The van der Waals surface area contributed by atoms with Crippen LogP contribution in [-0.2, 0) is 14.8 Å². The van der Waals surface area contributed by atoms with Gasteiger partial charge in [-0.25, -0.2) is 17.2 Å². The van der Waals surface area contributed by atoms with Crippen molar-refractivity contribution in [1.29, 1.82) is 0 Å². The number of para-hydroxylation sites is 1. The summed E-state index contributed by atoms with van der Waals surface area (Å²) in [6.07, 6.45) is 0.909. The van der Waals surface area contributed by atoms with Gasteiger partial charge in [-0.15, -0.1) is 0 Å². The van der Waals surface area contributed by atoms with Gasteiger partial charge in [-0.2, -0.15) is 4.31 Å². The fourth-order valence-electron chi connectivity index (χ4n) is 3.63. The third kappa shape index (κ3) is 4.91. The zero-order valence-corrected chi connectivity index (χ0v) is 16.5. The molecule has 1 heterocycles. The maximum atomic E-state index is 14.1. The lowest BCUT2D eigenvalue weighted by atomic mass is 9.78. The minimum absolute atomic E-state index is 0.0536. The van der Waals surface area contributed by atoms with Gasteiger partial charge in [0.05, 0.1) is 6.61 Å². The number of carbonyl (C=O) groups is 1. The van der Waals surface area contributed by atoms with Crippen molar-refractivity contribution in [3.63, 3.8) is 0 Å². The summed E-state index contributed by atoms with van der Waals surface area (Å²) in [5.41, 5.74) is 4.58. The molecule has 1 atom stereocenters. The van der Waals surface area contributed by atoms with Gasteiger partial charge in [-0.05, 0) is 37.1 Å². The zero-order valence-electron chi connectivity index (χ0n) is 15.7. The van der Waals surface area contributed by atoms with Crippen LogP contribution in [-0.4, -0.2) is 38.3 Å². The number of nitrogens with zero attached hydrogens (tertiary/aromatic N) is 1. The topological polar surface area (TPSA) is 89.7 Å². The highest BCUT2D eigenvalue weighted by Gasteiger charge is 2.42. The Morgan fingerprint density at radius 3 is 2.55 bits per heavy atom. The second-order valence-corrected chi connectivity index (χ2v) is 9.17. The predicted octanol–water partition coefficient (Wildman–Crippen LogP) is 2.69. The third-order valence-corrected chi connectivity index (χ3v) is 6.85. The Balaban J connectivity index is 1.86. The highest BCUT2D eigenvalue weighted by Crippen LogP contribution is 2.37. The van der Waals surface area contributed by atoms with Gasteiger partial charge in [0.2, 0.25) is 15.9 Å². The molecule has 0 spiro atoms. The monoisotopic (exact) mass is 424 g/mol. The Kier molecular flexibility index (Phi) is 6.18. The van der Waals surface area contributed by atoms with Crippen LogP contribution in [0.1, 0.15) is 19.3 Å². The summed E-state index contributed by atoms with van der Waals surface area (Å²) in [5.74, 6) is -2.01. The second kappa shape index (κ2) is 8.46. The summed E-state index contributed by atoms with van der Waals surface area (Å²) in [6, 6.07) is 11.3. The van der Waals surface area contributed by atoms with Gasteiger partial charge in [-0.1, -0.05) is 18.2 Å². The van der Waals surface area contributed by atoms with Crippen LogP contribution in [0.5, 0.6) is 5.75 Å². The summed E-state index contributed by atoms with van der Waals surface area (Å²) >= 11 is 0. The molecule has 29 heavy (non-hydrogen) atoms. The Hall–Kier alpha value is -2.52. The molecule has 2 aromatic carbocycles. The smallest absolute Gasteiger partial charge is 0.246 e. The quantitative estimate of drug-likeness (QED) is 0.740. The number of piperidine rings is 1. The Morgan fingerprint density at radius 1 is 1.17 bits per heavy atom. The number of hydrogen-bond acceptors (Lipinski definition) is 4. The molecule has 1 saturated heterocycles. The van der Waals surface area contributed by atoms with Crippen LogP contribution >= 0.6 is 0 Å². The first kappa shape index (κ1) is 21.2. The van der Waals surface area contributed by atoms with Gasteiger partial charge in [0.1, 0.15) is 22.3 Å². The van der Waals surface area contributed by atoms with E-state index >= 15 is 0 Å². The van der Waals surface area contributed by atoms with Crippen LogP contribution in [0.15, 0.2) is 53.4 Å². The standard InChI is InChI=1S/C20H22F2N2O4S/c21-15-7-8-18(17(22)11-15)29(26,27)24-10-4-9-20(13-24,12-19(23)25)14-28-16-5-2-1-3-6-16/h1-3,5-8,11H,4,9-10,12-14H2,(H2,23,25). The van der Waals surface area contributed by atoms with Crippen molar-refractivity contribution in [2.45, 2.75) is 24.2 Å². The van der Waals surface area contributed by atoms with E-state index in [0.717, 1.165) is 16.4 Å². The number of sulfonamides is 1. The fraction of sp³-hybridized carbons (Fsp3) is 0.350. The molecule has 0 bridgehead atoms. The first-order chi connectivity index (χ1) is 13.7. The largest absolute Gasteiger partial charge is 0.493 e. The van der Waals surface area contributed by atoms with Gasteiger partial charge in [-0.3, -0.25) is 4.79 Å². The molecular formula is C20H22F2N2O4S. The molecule has 0 radical (unpaired) electrons. The summed E-state index contributed by atoms with van der Waals surface area (Å²) in [4.78, 5) is 11.1. The van der Waals surface area contributed by atoms with E-state index in [1.807, 2.05) is 6.07 Å². The molecule has 3 rings (SSSR count). The van der Waals surface area contributed by atoms with E-state index in [-0.39, 0.29) is 26.1 Å². The normalized spacial score (nSPS) is 20.3. The van der Waals surface area contributed by atoms with Crippen molar-refractivity contribution in [3.05, 3.63) is 60.2 Å². The van der Waals surface area contributed by atoms with Crippen molar-refractivity contribution in [2.75, 3.05) is 19.7 Å². The third-order valence-electron chi connectivity index (χ3n) is 4.98. The van der Waals surface area contributed by atoms with E-state index in [9.17, 15) is 22.0 Å². The Bertz CT molecular complexity index is 985. The molecule has 1 aliphatic rings. The average Bonchev–Trinajstić information content (AvgIpc) is 2.67. The second-order valence-electron chi connectivity index (χ2n) is 7.26. The molecule has 0 aliphatic carbocycles. The Morgan fingerprint density at radius 2 is 1.90 bits per heavy atom. The number of benzene rings is 2. The van der Waals surface area contributed by atoms with Crippen LogP contribution in [0.2, 0.25) is 0 Å². The molecular weight excluding hydrogens is 402 g/mol. The molecule has 156 valence electrons. The SMILES string of the molecule is NC(=O)CC1(COc2ccccc2)CCCN(S(=O)(=O)c2ccc(F)cc2F)C1. The lowest BCUT2D eigenvalue weighted by Gasteiger charge is -2.41. The van der Waals surface area contributed by atoms with E-state index in [2.05, 4.69) is 0 Å². The van der Waals surface area contributed by atoms with E-state index in [0.29, 0.717) is 24.7 Å². The summed E-state index contributed by atoms with van der Waals surface area (Å²) in [6.45, 7) is 0.185. The molecule has 9 heteroatoms. The summed E-state index contributed by atoms with van der Waals surface area (Å²) in [5, 5.41) is 0. The van der Waals surface area contributed by atoms with Crippen molar-refractivity contribution in [3.8, 4) is 5.75 Å². The number of amides is 1. The molecule has 2 aromatic rings. The summed E-state index contributed by atoms with van der Waals surface area (Å²) < 4.78 is 60.2. The number of hydrogen-bond donors (Lipinski definition) is 1. The molecule has 1 aliphatic heterocycles. The van der Waals surface area contributed by atoms with Gasteiger partial charge in [0.15, 0.2) is 0 Å². The number of ether oxygens (including phenoxy) is 1. The number of halogens is 2. The maximum Gasteiger partial charge on any atom is 0.246 e. The first-order valence-electron chi connectivity index (χ1n) is 9.13. The maximum absolute atomic E-state index is 14.1. The highest BCUT2D eigenvalue weighted by atomic mass is 32.2.